The summed E-state index contributed by atoms with van der Waals surface area (Å²) in [6, 6.07) is 38.5. The van der Waals surface area contributed by atoms with E-state index in [-0.39, 0.29) is 0 Å². The van der Waals surface area contributed by atoms with Crippen LogP contribution in [0.4, 0.5) is 0 Å². The van der Waals surface area contributed by atoms with Crippen LogP contribution in [0.15, 0.2) is 146 Å². The average Bonchev–Trinajstić information content (AvgIpc) is 3.80. The van der Waals surface area contributed by atoms with E-state index in [1.807, 2.05) is 6.07 Å². The zero-order valence-electron chi connectivity index (χ0n) is 30.2. The minimum Gasteiger partial charge on any atom is -0.460 e. The molecule has 5 nitrogen and oxygen atoms in total. The highest BCUT2D eigenvalue weighted by Crippen LogP contribution is 2.43. The van der Waals surface area contributed by atoms with Gasteiger partial charge in [0.2, 0.25) is 0 Å². The third-order valence-electron chi connectivity index (χ3n) is 11.1. The van der Waals surface area contributed by atoms with Crippen LogP contribution in [0.5, 0.6) is 0 Å². The van der Waals surface area contributed by atoms with Crippen LogP contribution >= 0.6 is 0 Å². The Kier molecular flexibility index (Phi) is 7.87. The van der Waals surface area contributed by atoms with Crippen LogP contribution in [-0.2, 0) is 19.3 Å². The molecule has 5 heteroatoms. The highest BCUT2D eigenvalue weighted by atomic mass is 16.3. The van der Waals surface area contributed by atoms with Crippen LogP contribution in [0.2, 0.25) is 0 Å². The number of benzene rings is 5. The molecule has 7 aromatic rings. The van der Waals surface area contributed by atoms with E-state index in [1.54, 1.807) is 0 Å². The van der Waals surface area contributed by atoms with Gasteiger partial charge in [-0.25, -0.2) is 4.99 Å². The van der Waals surface area contributed by atoms with E-state index < -0.39 is 0 Å². The molecular weight excluding hydrogens is 663 g/mol. The molecule has 0 saturated carbocycles. The molecule has 54 heavy (non-hydrogen) atoms. The first-order valence-corrected chi connectivity index (χ1v) is 18.9. The predicted molar refractivity (Wildman–Crippen MR) is 223 cm³/mol. The highest BCUT2D eigenvalue weighted by Gasteiger charge is 2.28. The maximum Gasteiger partial charge on any atom is 0.179 e. The van der Waals surface area contributed by atoms with Crippen molar-refractivity contribution in [3.63, 3.8) is 0 Å². The number of rotatable bonds is 5. The second-order valence-electron chi connectivity index (χ2n) is 14.6. The molecule has 0 aliphatic heterocycles. The van der Waals surface area contributed by atoms with Crippen molar-refractivity contribution in [3.05, 3.63) is 172 Å². The van der Waals surface area contributed by atoms with Gasteiger partial charge in [-0.3, -0.25) is 0 Å². The molecule has 3 aliphatic rings. The molecule has 10 rings (SSSR count). The maximum atomic E-state index is 6.63. The lowest BCUT2D eigenvalue weighted by molar-refractivity contribution is 0.513. The molecule has 0 bridgehead atoms. The number of amidine groups is 1. The zero-order valence-corrected chi connectivity index (χ0v) is 30.2. The van der Waals surface area contributed by atoms with Crippen LogP contribution in [0.25, 0.3) is 61.9 Å². The predicted octanol–water partition coefficient (Wildman–Crippen LogP) is 11.8. The molecule has 262 valence electrons. The van der Waals surface area contributed by atoms with E-state index in [9.17, 15) is 0 Å². The largest absolute Gasteiger partial charge is 0.460 e. The van der Waals surface area contributed by atoms with Gasteiger partial charge in [0.05, 0.1) is 5.71 Å². The van der Waals surface area contributed by atoms with Gasteiger partial charge in [0.25, 0.3) is 0 Å². The molecule has 0 radical (unpaired) electrons. The Labute approximate surface area is 314 Å². The van der Waals surface area contributed by atoms with Gasteiger partial charge < -0.3 is 14.7 Å². The summed E-state index contributed by atoms with van der Waals surface area (Å²) in [5, 5.41) is 6.57. The normalized spacial score (nSPS) is 16.7. The number of furan rings is 2. The summed E-state index contributed by atoms with van der Waals surface area (Å²) >= 11 is 0. The maximum absolute atomic E-state index is 6.63. The monoisotopic (exact) mass is 701 g/mol. The molecule has 5 aromatic carbocycles. The van der Waals surface area contributed by atoms with E-state index in [2.05, 4.69) is 146 Å². The first kappa shape index (κ1) is 32.2. The van der Waals surface area contributed by atoms with E-state index in [0.717, 1.165) is 116 Å². The third kappa shape index (κ3) is 5.47. The topological polar surface area (TPSA) is 77.0 Å². The Morgan fingerprint density at radius 2 is 1.52 bits per heavy atom. The van der Waals surface area contributed by atoms with Crippen molar-refractivity contribution in [1.29, 1.82) is 0 Å². The lowest BCUT2D eigenvalue weighted by Crippen LogP contribution is -2.14. The first-order valence-electron chi connectivity index (χ1n) is 18.9. The Morgan fingerprint density at radius 1 is 0.722 bits per heavy atom. The Hall–Kier alpha value is -6.46. The van der Waals surface area contributed by atoms with Crippen molar-refractivity contribution < 1.29 is 8.83 Å². The van der Waals surface area contributed by atoms with E-state index in [0.29, 0.717) is 11.8 Å². The number of hydrogen-bond acceptors (Lipinski definition) is 4. The van der Waals surface area contributed by atoms with Gasteiger partial charge in [0.15, 0.2) is 5.84 Å². The fourth-order valence-electron chi connectivity index (χ4n) is 8.53. The second-order valence-corrected chi connectivity index (χ2v) is 14.6. The van der Waals surface area contributed by atoms with Gasteiger partial charge >= 0.3 is 0 Å². The number of fused-ring (bicyclic) bond motifs is 7. The molecule has 2 N–H and O–H groups in total. The van der Waals surface area contributed by atoms with E-state index in [4.69, 9.17) is 19.7 Å². The van der Waals surface area contributed by atoms with Gasteiger partial charge in [0, 0.05) is 51.4 Å². The fourth-order valence-corrected chi connectivity index (χ4v) is 8.53. The van der Waals surface area contributed by atoms with Crippen molar-refractivity contribution in [2.24, 2.45) is 21.9 Å². The fraction of sp³-hybridized carbons (Fsp3) is 0.143. The SMILES string of the molecule is CC1C=Cc2c(oc3cccc(C(=N/C(=N\N)C4=CCCc5oc6cccc(-c7cccc(-c8ccccc8)c7)c6c54)c4ccc5c(c4)C=CCC5)c23)C1. The molecule has 0 fully saturated rings. The summed E-state index contributed by atoms with van der Waals surface area (Å²) in [5.74, 6) is 9.24. The van der Waals surface area contributed by atoms with Gasteiger partial charge in [-0.05, 0) is 82.8 Å². The van der Waals surface area contributed by atoms with Gasteiger partial charge in [0.1, 0.15) is 22.7 Å². The zero-order chi connectivity index (χ0) is 36.2. The second kappa shape index (κ2) is 13.2. The third-order valence-corrected chi connectivity index (χ3v) is 11.1. The molecule has 2 aromatic heterocycles. The van der Waals surface area contributed by atoms with Crippen molar-refractivity contribution >= 4 is 51.2 Å². The Bertz CT molecular complexity index is 2770. The molecule has 2 heterocycles. The molecule has 0 amide bonds. The number of allylic oxidation sites excluding steroid dienone is 3. The molecule has 1 unspecified atom stereocenters. The summed E-state index contributed by atoms with van der Waals surface area (Å²) < 4.78 is 13.1. The number of nitrogens with zero attached hydrogens (tertiary/aromatic N) is 2. The number of aliphatic imine (C=N–C) groups is 1. The highest BCUT2D eigenvalue weighted by molar-refractivity contribution is 6.33. The summed E-state index contributed by atoms with van der Waals surface area (Å²) in [5.41, 5.74) is 14.6. The van der Waals surface area contributed by atoms with Crippen LogP contribution < -0.4 is 5.84 Å². The number of nitrogens with two attached hydrogens (primary N) is 1. The van der Waals surface area contributed by atoms with Crippen LogP contribution in [0.1, 0.15) is 64.7 Å². The van der Waals surface area contributed by atoms with Crippen LogP contribution in [-0.4, -0.2) is 11.5 Å². The van der Waals surface area contributed by atoms with Crippen molar-refractivity contribution in [3.8, 4) is 22.3 Å². The van der Waals surface area contributed by atoms with Crippen LogP contribution in [0, 0.1) is 5.92 Å². The number of aryl methyl sites for hydroxylation is 2. The lowest BCUT2D eigenvalue weighted by atomic mass is 9.88. The Balaban J connectivity index is 1.16. The lowest BCUT2D eigenvalue weighted by Gasteiger charge is -2.17. The van der Waals surface area contributed by atoms with E-state index >= 15 is 0 Å². The van der Waals surface area contributed by atoms with Crippen molar-refractivity contribution in [2.45, 2.75) is 39.0 Å². The summed E-state index contributed by atoms with van der Waals surface area (Å²) in [7, 11) is 0. The average molecular weight is 702 g/mol. The van der Waals surface area contributed by atoms with Gasteiger partial charge in [-0.1, -0.05) is 122 Å². The minimum absolute atomic E-state index is 0.418. The van der Waals surface area contributed by atoms with Gasteiger partial charge in [-0.2, -0.15) is 5.10 Å². The summed E-state index contributed by atoms with van der Waals surface area (Å²) in [6.45, 7) is 2.22. The molecule has 1 atom stereocenters. The molecule has 0 saturated heterocycles. The smallest absolute Gasteiger partial charge is 0.179 e. The molecule has 3 aliphatic carbocycles. The molecule has 0 spiro atoms. The van der Waals surface area contributed by atoms with Crippen LogP contribution in [0.3, 0.4) is 0 Å². The Morgan fingerprint density at radius 3 is 2.41 bits per heavy atom. The summed E-state index contributed by atoms with van der Waals surface area (Å²) in [6.07, 6.45) is 15.7. The standard InChI is InChI=1S/C49H39N3O2/c1-30-23-26-38-44(27-30)54-41-20-9-18-39(45(38)41)48(36-25-24-32-13-5-6-14-33(32)29-36)51-49(52-50)40-19-10-22-43-47(40)46-37(17-8-21-42(46)53-43)35-16-7-15-34(28-35)31-11-3-2-4-12-31/h2-4,6-9,11-12,14-21,23-26,28-30H,5,10,13,22,27,50H2,1H3/b51-48?,52-49-. The van der Waals surface area contributed by atoms with Crippen molar-refractivity contribution in [2.75, 3.05) is 0 Å². The number of hydrazone groups is 1. The quantitative estimate of drug-likeness (QED) is 0.0840. The van der Waals surface area contributed by atoms with E-state index in [1.165, 1.54) is 16.7 Å². The van der Waals surface area contributed by atoms with Crippen molar-refractivity contribution in [1.82, 2.24) is 0 Å². The minimum atomic E-state index is 0.418. The van der Waals surface area contributed by atoms with Gasteiger partial charge in [-0.15, -0.1) is 0 Å². The number of hydrogen-bond donors (Lipinski definition) is 1. The first-order chi connectivity index (χ1) is 26.6. The summed E-state index contributed by atoms with van der Waals surface area (Å²) in [4.78, 5) is 5.48. The molecular formula is C49H39N3O2.